The second kappa shape index (κ2) is 13.8. The molecule has 2 heteroatoms. The van der Waals surface area contributed by atoms with Gasteiger partial charge in [0.15, 0.2) is 0 Å². The Labute approximate surface area is 138 Å². The van der Waals surface area contributed by atoms with Crippen LogP contribution in [0.25, 0.3) is 0 Å². The maximum atomic E-state index is 12.1. The summed E-state index contributed by atoms with van der Waals surface area (Å²) < 4.78 is 0. The fourth-order valence-electron chi connectivity index (χ4n) is 3.15. The summed E-state index contributed by atoms with van der Waals surface area (Å²) in [7, 11) is 0. The van der Waals surface area contributed by atoms with Crippen LogP contribution in [0, 0.1) is 0 Å². The Morgan fingerprint density at radius 2 is 1.36 bits per heavy atom. The van der Waals surface area contributed by atoms with Crippen LogP contribution in [0.2, 0.25) is 0 Å². The Kier molecular flexibility index (Phi) is 12.1. The first-order chi connectivity index (χ1) is 10.8. The van der Waals surface area contributed by atoms with Crippen molar-refractivity contribution in [1.29, 1.82) is 0 Å². The zero-order valence-electron chi connectivity index (χ0n) is 14.8. The third kappa shape index (κ3) is 10.0. The fraction of sp³-hybridized carbons (Fsp3) is 0.850. The van der Waals surface area contributed by atoms with Gasteiger partial charge in [-0.3, -0.25) is 4.79 Å². The highest BCUT2D eigenvalue weighted by Crippen LogP contribution is 2.12. The molecule has 0 radical (unpaired) electrons. The maximum Gasteiger partial charge on any atom is 0.246 e. The Bertz CT molecular complexity index is 290. The molecule has 1 aliphatic heterocycles. The number of carbonyl (C=O) groups excluding carboxylic acids is 1. The standard InChI is InChI=1S/C20H37NO/c1-2-3-4-5-6-7-8-9-10-11-14-17-20(22)21-18-15-12-13-16-19-21/h14,17H,2-13,15-16,18-19H2,1H3/b17-14+. The van der Waals surface area contributed by atoms with E-state index in [9.17, 15) is 4.79 Å². The third-order valence-corrected chi connectivity index (χ3v) is 4.65. The van der Waals surface area contributed by atoms with E-state index in [0.29, 0.717) is 0 Å². The molecule has 0 N–H and O–H groups in total. The molecule has 1 fully saturated rings. The normalized spacial score (nSPS) is 16.1. The zero-order valence-corrected chi connectivity index (χ0v) is 14.8. The van der Waals surface area contributed by atoms with E-state index in [0.717, 1.165) is 19.5 Å². The summed E-state index contributed by atoms with van der Waals surface area (Å²) in [5, 5.41) is 0. The lowest BCUT2D eigenvalue weighted by molar-refractivity contribution is -0.126. The molecular formula is C20H37NO. The highest BCUT2D eigenvalue weighted by atomic mass is 16.2. The number of allylic oxidation sites excluding steroid dienone is 1. The first-order valence-corrected chi connectivity index (χ1v) is 9.80. The van der Waals surface area contributed by atoms with Crippen LogP contribution < -0.4 is 0 Å². The Hall–Kier alpha value is -0.790. The Morgan fingerprint density at radius 1 is 0.818 bits per heavy atom. The molecule has 128 valence electrons. The Morgan fingerprint density at radius 3 is 1.95 bits per heavy atom. The van der Waals surface area contributed by atoms with Crippen molar-refractivity contribution in [3.05, 3.63) is 12.2 Å². The molecule has 2 nitrogen and oxygen atoms in total. The summed E-state index contributed by atoms with van der Waals surface area (Å²) in [6, 6.07) is 0. The predicted molar refractivity (Wildman–Crippen MR) is 96.0 cm³/mol. The summed E-state index contributed by atoms with van der Waals surface area (Å²) in [6.07, 6.45) is 22.2. The van der Waals surface area contributed by atoms with Crippen molar-refractivity contribution in [2.75, 3.05) is 13.1 Å². The van der Waals surface area contributed by atoms with Gasteiger partial charge in [-0.05, 0) is 31.8 Å². The minimum atomic E-state index is 0.234. The first-order valence-electron chi connectivity index (χ1n) is 9.80. The van der Waals surface area contributed by atoms with Crippen molar-refractivity contribution in [2.24, 2.45) is 0 Å². The minimum Gasteiger partial charge on any atom is -0.339 e. The SMILES string of the molecule is CCCCCCCCCCC/C=C/C(=O)N1CCCCCC1. The maximum absolute atomic E-state index is 12.1. The van der Waals surface area contributed by atoms with E-state index < -0.39 is 0 Å². The van der Waals surface area contributed by atoms with Gasteiger partial charge in [0.2, 0.25) is 5.91 Å². The van der Waals surface area contributed by atoms with Crippen molar-refractivity contribution in [3.8, 4) is 0 Å². The van der Waals surface area contributed by atoms with Gasteiger partial charge in [-0.15, -0.1) is 0 Å². The molecule has 1 heterocycles. The molecule has 1 saturated heterocycles. The average molecular weight is 308 g/mol. The molecule has 0 atom stereocenters. The Balaban J connectivity index is 1.93. The topological polar surface area (TPSA) is 20.3 Å². The number of hydrogen-bond donors (Lipinski definition) is 0. The predicted octanol–water partition coefficient (Wildman–Crippen LogP) is 5.87. The van der Waals surface area contributed by atoms with E-state index in [1.165, 1.54) is 83.5 Å². The molecule has 0 unspecified atom stereocenters. The van der Waals surface area contributed by atoms with Crippen LogP contribution in [-0.2, 0) is 4.79 Å². The van der Waals surface area contributed by atoms with E-state index in [2.05, 4.69) is 13.0 Å². The number of hydrogen-bond acceptors (Lipinski definition) is 1. The van der Waals surface area contributed by atoms with E-state index in [1.54, 1.807) is 0 Å². The molecule has 0 aromatic rings. The van der Waals surface area contributed by atoms with Gasteiger partial charge in [-0.1, -0.05) is 77.2 Å². The summed E-state index contributed by atoms with van der Waals surface area (Å²) in [5.74, 6) is 0.234. The summed E-state index contributed by atoms with van der Waals surface area (Å²) >= 11 is 0. The number of amides is 1. The average Bonchev–Trinajstić information content (AvgIpc) is 2.81. The zero-order chi connectivity index (χ0) is 15.9. The van der Waals surface area contributed by atoms with Crippen LogP contribution in [0.3, 0.4) is 0 Å². The van der Waals surface area contributed by atoms with Crippen LogP contribution in [0.5, 0.6) is 0 Å². The highest BCUT2D eigenvalue weighted by Gasteiger charge is 2.12. The fourth-order valence-corrected chi connectivity index (χ4v) is 3.15. The van der Waals surface area contributed by atoms with Gasteiger partial charge in [0, 0.05) is 13.1 Å². The molecule has 0 aliphatic carbocycles. The van der Waals surface area contributed by atoms with Gasteiger partial charge in [-0.2, -0.15) is 0 Å². The highest BCUT2D eigenvalue weighted by molar-refractivity contribution is 5.87. The smallest absolute Gasteiger partial charge is 0.246 e. The first kappa shape index (κ1) is 19.3. The van der Waals surface area contributed by atoms with Crippen LogP contribution in [0.15, 0.2) is 12.2 Å². The molecule has 0 aromatic carbocycles. The quantitative estimate of drug-likeness (QED) is 0.345. The number of likely N-dealkylation sites (tertiary alicyclic amines) is 1. The number of unbranched alkanes of at least 4 members (excludes halogenated alkanes) is 9. The van der Waals surface area contributed by atoms with E-state index in [4.69, 9.17) is 0 Å². The van der Waals surface area contributed by atoms with Gasteiger partial charge < -0.3 is 4.90 Å². The van der Waals surface area contributed by atoms with Crippen molar-refractivity contribution < 1.29 is 4.79 Å². The molecular weight excluding hydrogens is 270 g/mol. The van der Waals surface area contributed by atoms with E-state index in [-0.39, 0.29) is 5.91 Å². The molecule has 1 rings (SSSR count). The summed E-state index contributed by atoms with van der Waals surface area (Å²) in [6.45, 7) is 4.19. The molecule has 0 saturated carbocycles. The molecule has 1 aliphatic rings. The van der Waals surface area contributed by atoms with Crippen LogP contribution in [0.1, 0.15) is 96.8 Å². The number of rotatable bonds is 11. The van der Waals surface area contributed by atoms with Crippen molar-refractivity contribution in [3.63, 3.8) is 0 Å². The van der Waals surface area contributed by atoms with Crippen LogP contribution >= 0.6 is 0 Å². The molecule has 0 bridgehead atoms. The summed E-state index contributed by atoms with van der Waals surface area (Å²) in [5.41, 5.74) is 0. The van der Waals surface area contributed by atoms with Gasteiger partial charge in [-0.25, -0.2) is 0 Å². The molecule has 0 aromatic heterocycles. The summed E-state index contributed by atoms with van der Waals surface area (Å²) in [4.78, 5) is 14.1. The lowest BCUT2D eigenvalue weighted by Crippen LogP contribution is -2.30. The largest absolute Gasteiger partial charge is 0.339 e. The van der Waals surface area contributed by atoms with Crippen molar-refractivity contribution in [1.82, 2.24) is 4.90 Å². The second-order valence-electron chi connectivity index (χ2n) is 6.76. The molecule has 22 heavy (non-hydrogen) atoms. The van der Waals surface area contributed by atoms with E-state index in [1.807, 2.05) is 11.0 Å². The number of nitrogens with zero attached hydrogens (tertiary/aromatic N) is 1. The minimum absolute atomic E-state index is 0.234. The second-order valence-corrected chi connectivity index (χ2v) is 6.76. The monoisotopic (exact) mass is 307 g/mol. The van der Waals surface area contributed by atoms with Gasteiger partial charge in [0.05, 0.1) is 0 Å². The van der Waals surface area contributed by atoms with Crippen LogP contribution in [0.4, 0.5) is 0 Å². The van der Waals surface area contributed by atoms with E-state index >= 15 is 0 Å². The lowest BCUT2D eigenvalue weighted by Gasteiger charge is -2.17. The van der Waals surface area contributed by atoms with Gasteiger partial charge >= 0.3 is 0 Å². The third-order valence-electron chi connectivity index (χ3n) is 4.65. The van der Waals surface area contributed by atoms with Gasteiger partial charge in [0.25, 0.3) is 0 Å². The van der Waals surface area contributed by atoms with Crippen molar-refractivity contribution >= 4 is 5.91 Å². The van der Waals surface area contributed by atoms with Crippen LogP contribution in [-0.4, -0.2) is 23.9 Å². The number of carbonyl (C=O) groups is 1. The molecule has 0 spiro atoms. The lowest BCUT2D eigenvalue weighted by atomic mass is 10.1. The molecule has 1 amide bonds. The van der Waals surface area contributed by atoms with Crippen molar-refractivity contribution in [2.45, 2.75) is 96.8 Å². The van der Waals surface area contributed by atoms with Gasteiger partial charge in [0.1, 0.15) is 0 Å².